The monoisotopic (exact) mass is 350 g/mol. The molecule has 0 saturated carbocycles. The molecule has 0 aliphatic rings. The molecule has 2 nitrogen and oxygen atoms in total. The summed E-state index contributed by atoms with van der Waals surface area (Å²) >= 11 is 0. The van der Waals surface area contributed by atoms with Gasteiger partial charge in [0, 0.05) is 47.9 Å². The van der Waals surface area contributed by atoms with Crippen LogP contribution in [0.1, 0.15) is 6.92 Å². The second-order valence-electron chi connectivity index (χ2n) is 0.516. The van der Waals surface area contributed by atoms with Crippen molar-refractivity contribution in [3.8, 4) is 0 Å². The largest absolute Gasteiger partial charge is 0.494 e. The third-order valence-electron chi connectivity index (χ3n) is 0.203. The smallest absolute Gasteiger partial charge is 0.148 e. The van der Waals surface area contributed by atoms with Gasteiger partial charge in [-0.25, -0.2) is 0 Å². The Kier molecular flexibility index (Phi) is 35.5. The molecule has 0 aromatic carbocycles. The summed E-state index contributed by atoms with van der Waals surface area (Å²) in [5.41, 5.74) is 0. The summed E-state index contributed by atoms with van der Waals surface area (Å²) in [7, 11) is -0.592. The number of hydrogen-bond acceptors (Lipinski definition) is 2. The van der Waals surface area contributed by atoms with Crippen molar-refractivity contribution in [3.63, 3.8) is 0 Å². The molecular weight excluding hydrogens is 344 g/mol. The Labute approximate surface area is 78.7 Å². The average molecular weight is 350 g/mol. The first-order valence-electron chi connectivity index (χ1n) is 1.40. The van der Waals surface area contributed by atoms with Gasteiger partial charge in [-0.05, 0) is 11.5 Å². The first kappa shape index (κ1) is 15.9. The fourth-order valence-corrected chi connectivity index (χ4v) is 0.177. The molecule has 39 valence electrons. The van der Waals surface area contributed by atoms with Crippen molar-refractivity contribution in [2.75, 3.05) is 6.61 Å². The normalized spacial score (nSPS) is 6.43. The van der Waals surface area contributed by atoms with Crippen molar-refractivity contribution < 1.29 is 30.8 Å². The maximum Gasteiger partial charge on any atom is 0.494 e. The molecule has 0 spiro atoms. The van der Waals surface area contributed by atoms with Crippen molar-refractivity contribution >= 4 is 34.9 Å². The molecule has 0 N–H and O–H groups in total. The van der Waals surface area contributed by atoms with Crippen molar-refractivity contribution in [3.05, 3.63) is 0 Å². The van der Waals surface area contributed by atoms with E-state index in [0.717, 1.165) is 0 Å². The van der Waals surface area contributed by atoms with Crippen molar-refractivity contribution in [2.45, 2.75) is 6.92 Å². The van der Waals surface area contributed by atoms with Gasteiger partial charge in [0.05, 0.1) is 6.61 Å². The van der Waals surface area contributed by atoms with Gasteiger partial charge in [-0.1, -0.05) is 0 Å². The molecule has 0 aromatic rings. The van der Waals surface area contributed by atoms with Crippen LogP contribution in [0.3, 0.4) is 0 Å². The molecule has 0 rings (SSSR count). The molecule has 0 bridgehead atoms. The van der Waals surface area contributed by atoms with Gasteiger partial charge in [0.15, 0.2) is 0 Å². The number of rotatable bonds is 2. The van der Waals surface area contributed by atoms with Gasteiger partial charge >= 0.3 is 8.69 Å². The second kappa shape index (κ2) is 15.6. The molecule has 0 fully saturated rings. The molecule has 1 atom stereocenters. The van der Waals surface area contributed by atoms with E-state index in [0.29, 0.717) is 6.61 Å². The third-order valence-corrected chi connectivity index (χ3v) is 0.610. The Morgan fingerprint density at radius 3 is 2.14 bits per heavy atom. The summed E-state index contributed by atoms with van der Waals surface area (Å²) in [6.07, 6.45) is 0. The fraction of sp³-hybridized carbons (Fsp3) is 1.00. The second-order valence-corrected chi connectivity index (χ2v) is 0.972. The fourth-order valence-electron chi connectivity index (χ4n) is 0.0589. The molecule has 0 amide bonds. The van der Waals surface area contributed by atoms with Crippen molar-refractivity contribution in [1.29, 1.82) is 0 Å². The van der Waals surface area contributed by atoms with Crippen LogP contribution in [0.15, 0.2) is 0 Å². The molecule has 7 heavy (non-hydrogen) atoms. The molecule has 5 heteroatoms. The summed E-state index contributed by atoms with van der Waals surface area (Å²) in [6, 6.07) is 0. The Balaban J connectivity index is -0.0000000800. The van der Waals surface area contributed by atoms with Crippen LogP contribution in [-0.2, 0) is 30.8 Å². The van der Waals surface area contributed by atoms with E-state index in [2.05, 4.69) is 4.52 Å². The number of hydrogen-bond donors (Lipinski definition) is 0. The van der Waals surface area contributed by atoms with E-state index in [1.807, 2.05) is 0 Å². The predicted molar refractivity (Wildman–Crippen MR) is 26.4 cm³/mol. The van der Waals surface area contributed by atoms with Gasteiger partial charge in [-0.2, -0.15) is 0 Å². The maximum atomic E-state index is 9.34. The first-order chi connectivity index (χ1) is 2.41. The standard InChI is InChI=1S/C2H6O2P.Bi.Ti/c1-2-4-5-3;;/h5H,2H2,1H3;;/q+1;;. The topological polar surface area (TPSA) is 26.3 Å². The van der Waals surface area contributed by atoms with Crippen LogP contribution in [0.5, 0.6) is 0 Å². The quantitative estimate of drug-likeness (QED) is 0.538. The minimum Gasteiger partial charge on any atom is -0.148 e. The van der Waals surface area contributed by atoms with Crippen LogP contribution in [0.25, 0.3) is 0 Å². The minimum absolute atomic E-state index is 0. The molecular formula is C2H6BiO2PTi+. The maximum absolute atomic E-state index is 9.34. The third kappa shape index (κ3) is 18.3. The van der Waals surface area contributed by atoms with E-state index in [4.69, 9.17) is 0 Å². The van der Waals surface area contributed by atoms with E-state index >= 15 is 0 Å². The van der Waals surface area contributed by atoms with Crippen LogP contribution in [0.4, 0.5) is 0 Å². The van der Waals surface area contributed by atoms with E-state index in [9.17, 15) is 4.57 Å². The Morgan fingerprint density at radius 1 is 1.71 bits per heavy atom. The van der Waals surface area contributed by atoms with E-state index in [1.54, 1.807) is 6.92 Å². The van der Waals surface area contributed by atoms with E-state index in [1.165, 1.54) is 0 Å². The van der Waals surface area contributed by atoms with Crippen LogP contribution < -0.4 is 0 Å². The van der Waals surface area contributed by atoms with Crippen LogP contribution in [0.2, 0.25) is 0 Å². The summed E-state index contributed by atoms with van der Waals surface area (Å²) in [5.74, 6) is 0. The van der Waals surface area contributed by atoms with Crippen LogP contribution >= 0.6 is 8.69 Å². The minimum atomic E-state index is -0.592. The van der Waals surface area contributed by atoms with Crippen LogP contribution in [0, 0.1) is 0 Å². The van der Waals surface area contributed by atoms with E-state index < -0.39 is 8.69 Å². The van der Waals surface area contributed by atoms with Gasteiger partial charge in [0.1, 0.15) is 0 Å². The van der Waals surface area contributed by atoms with Crippen molar-refractivity contribution in [1.82, 2.24) is 0 Å². The van der Waals surface area contributed by atoms with Gasteiger partial charge < -0.3 is 0 Å². The predicted octanol–water partition coefficient (Wildman–Crippen LogP) is 0.579. The van der Waals surface area contributed by atoms with Gasteiger partial charge in [0.25, 0.3) is 0 Å². The molecule has 0 heterocycles. The average Bonchev–Trinajstić information content (AvgIpc) is 1.41. The van der Waals surface area contributed by atoms with Gasteiger partial charge in [-0.3, -0.25) is 0 Å². The molecule has 0 saturated heterocycles. The van der Waals surface area contributed by atoms with E-state index in [-0.39, 0.29) is 47.9 Å². The molecule has 3 radical (unpaired) electrons. The van der Waals surface area contributed by atoms with Crippen LogP contribution in [-0.4, -0.2) is 32.8 Å². The molecule has 0 aliphatic heterocycles. The zero-order chi connectivity index (χ0) is 4.12. The first-order valence-corrected chi connectivity index (χ1v) is 2.22. The Hall–Kier alpha value is 1.66. The van der Waals surface area contributed by atoms with Gasteiger partial charge in [-0.15, -0.1) is 4.52 Å². The molecule has 1 unspecified atom stereocenters. The summed E-state index contributed by atoms with van der Waals surface area (Å²) < 4.78 is 13.6. The molecule has 0 aliphatic carbocycles. The molecule has 0 aromatic heterocycles. The summed E-state index contributed by atoms with van der Waals surface area (Å²) in [5, 5.41) is 0. The Morgan fingerprint density at radius 2 is 2.14 bits per heavy atom. The summed E-state index contributed by atoms with van der Waals surface area (Å²) in [4.78, 5) is 0. The Bertz CT molecular complexity index is 36.9. The van der Waals surface area contributed by atoms with Gasteiger partial charge in [0.2, 0.25) is 0 Å². The zero-order valence-corrected chi connectivity index (χ0v) is 10.0. The summed E-state index contributed by atoms with van der Waals surface area (Å²) in [6.45, 7) is 2.34. The SMILES string of the molecule is CCO[PH+]=O.[Bi].[Ti]. The zero-order valence-electron chi connectivity index (χ0n) is 3.97. The van der Waals surface area contributed by atoms with Crippen molar-refractivity contribution in [2.24, 2.45) is 0 Å².